The minimum atomic E-state index is -0.212. The highest BCUT2D eigenvalue weighted by atomic mass is 16.1. The van der Waals surface area contributed by atoms with Gasteiger partial charge in [0.05, 0.1) is 6.42 Å². The Kier molecular flexibility index (Phi) is 5.81. The summed E-state index contributed by atoms with van der Waals surface area (Å²) < 4.78 is 0. The highest BCUT2D eigenvalue weighted by molar-refractivity contribution is 6.11. The van der Waals surface area contributed by atoms with E-state index in [1.165, 1.54) is 12.2 Å². The maximum Gasteiger partial charge on any atom is 0.163 e. The summed E-state index contributed by atoms with van der Waals surface area (Å²) >= 11 is 0. The summed E-state index contributed by atoms with van der Waals surface area (Å²) in [6, 6.07) is 26.0. The minimum Gasteiger partial charge on any atom is -0.361 e. The zero-order chi connectivity index (χ0) is 20.8. The van der Waals surface area contributed by atoms with Crippen LogP contribution in [0.4, 0.5) is 0 Å². The van der Waals surface area contributed by atoms with Crippen molar-refractivity contribution in [2.75, 3.05) is 0 Å². The van der Waals surface area contributed by atoms with Gasteiger partial charge in [0.1, 0.15) is 0 Å². The molecule has 30 heavy (non-hydrogen) atoms. The third-order valence-electron chi connectivity index (χ3n) is 4.87. The van der Waals surface area contributed by atoms with Gasteiger partial charge in [-0.25, -0.2) is 0 Å². The van der Waals surface area contributed by atoms with Crippen molar-refractivity contribution >= 4 is 34.6 Å². The molecule has 0 amide bonds. The number of aromatic nitrogens is 1. The second-order valence-corrected chi connectivity index (χ2v) is 7.09. The number of allylic oxidation sites excluding steroid dienone is 2. The lowest BCUT2D eigenvalue weighted by Gasteiger charge is -2.01. The topological polar surface area (TPSA) is 49.9 Å². The Morgan fingerprint density at radius 3 is 2.07 bits per heavy atom. The molecule has 3 heteroatoms. The van der Waals surface area contributed by atoms with Crippen LogP contribution >= 0.6 is 0 Å². The molecule has 0 aliphatic heterocycles. The fourth-order valence-electron chi connectivity index (χ4n) is 3.25. The summed E-state index contributed by atoms with van der Waals surface area (Å²) in [5.41, 5.74) is 5.13. The van der Waals surface area contributed by atoms with Crippen molar-refractivity contribution in [2.24, 2.45) is 0 Å². The highest BCUT2D eigenvalue weighted by Gasteiger charge is 2.04. The smallest absolute Gasteiger partial charge is 0.163 e. The molecule has 0 bridgehead atoms. The van der Waals surface area contributed by atoms with Crippen molar-refractivity contribution in [3.63, 3.8) is 0 Å². The Morgan fingerprint density at radius 1 is 0.700 bits per heavy atom. The van der Waals surface area contributed by atoms with Crippen molar-refractivity contribution in [3.8, 4) is 11.1 Å². The van der Waals surface area contributed by atoms with Gasteiger partial charge in [-0.1, -0.05) is 78.9 Å². The molecule has 3 aromatic carbocycles. The number of carbonyl (C=O) groups is 2. The summed E-state index contributed by atoms with van der Waals surface area (Å²) in [6.45, 7) is 0. The number of aromatic amines is 1. The van der Waals surface area contributed by atoms with Gasteiger partial charge < -0.3 is 4.98 Å². The molecule has 3 nitrogen and oxygen atoms in total. The number of benzene rings is 3. The SMILES string of the molecule is O=C(C=Cc1ccc(-c2ccccc2)cc1)CC(=O)C=Cc1ccc2cc[nH]c2c1. The molecule has 1 heterocycles. The van der Waals surface area contributed by atoms with E-state index in [0.29, 0.717) is 0 Å². The lowest BCUT2D eigenvalue weighted by atomic mass is 10.0. The van der Waals surface area contributed by atoms with Gasteiger partial charge in [0.2, 0.25) is 0 Å². The van der Waals surface area contributed by atoms with Crippen molar-refractivity contribution in [2.45, 2.75) is 6.42 Å². The van der Waals surface area contributed by atoms with Crippen molar-refractivity contribution in [1.82, 2.24) is 4.98 Å². The molecule has 0 saturated heterocycles. The Bertz CT molecular complexity index is 1230. The normalized spacial score (nSPS) is 11.5. The second kappa shape index (κ2) is 9.01. The number of H-pyrrole nitrogens is 1. The molecule has 0 aliphatic carbocycles. The summed E-state index contributed by atoms with van der Waals surface area (Å²) in [7, 11) is 0. The predicted octanol–water partition coefficient (Wildman–Crippen LogP) is 6.09. The number of carbonyl (C=O) groups excluding carboxylic acids is 2. The Hall–Kier alpha value is -3.98. The molecule has 1 aromatic heterocycles. The van der Waals surface area contributed by atoms with E-state index in [1.807, 2.05) is 72.9 Å². The largest absolute Gasteiger partial charge is 0.361 e. The molecular formula is C27H21NO2. The van der Waals surface area contributed by atoms with Gasteiger partial charge >= 0.3 is 0 Å². The van der Waals surface area contributed by atoms with Crippen molar-refractivity contribution in [3.05, 3.63) is 108 Å². The number of fused-ring (bicyclic) bond motifs is 1. The van der Waals surface area contributed by atoms with Crippen LogP contribution in [0.3, 0.4) is 0 Å². The summed E-state index contributed by atoms with van der Waals surface area (Å²) in [6.07, 6.45) is 8.15. The van der Waals surface area contributed by atoms with E-state index in [4.69, 9.17) is 0 Å². The van der Waals surface area contributed by atoms with Crippen LogP contribution in [0.1, 0.15) is 17.5 Å². The van der Waals surface area contributed by atoms with Crippen LogP contribution in [0.15, 0.2) is 97.2 Å². The molecule has 0 aliphatic rings. The molecule has 1 N–H and O–H groups in total. The molecule has 0 saturated carbocycles. The van der Waals surface area contributed by atoms with Crippen LogP contribution in [-0.2, 0) is 9.59 Å². The highest BCUT2D eigenvalue weighted by Crippen LogP contribution is 2.19. The van der Waals surface area contributed by atoms with Crippen LogP contribution in [0.25, 0.3) is 34.2 Å². The minimum absolute atomic E-state index is 0.139. The quantitative estimate of drug-likeness (QED) is 0.306. The van der Waals surface area contributed by atoms with Gasteiger partial charge in [0.25, 0.3) is 0 Å². The second-order valence-electron chi connectivity index (χ2n) is 7.09. The zero-order valence-electron chi connectivity index (χ0n) is 16.4. The van der Waals surface area contributed by atoms with E-state index in [9.17, 15) is 9.59 Å². The molecule has 0 unspecified atom stereocenters. The number of ketones is 2. The number of hydrogen-bond donors (Lipinski definition) is 1. The Labute approximate surface area is 175 Å². The van der Waals surface area contributed by atoms with Gasteiger partial charge in [0, 0.05) is 11.7 Å². The lowest BCUT2D eigenvalue weighted by Crippen LogP contribution is -2.01. The van der Waals surface area contributed by atoms with E-state index < -0.39 is 0 Å². The maximum atomic E-state index is 12.1. The van der Waals surface area contributed by atoms with Gasteiger partial charge in [-0.05, 0) is 51.9 Å². The maximum absolute atomic E-state index is 12.1. The Balaban J connectivity index is 1.33. The summed E-state index contributed by atoms with van der Waals surface area (Å²) in [5.74, 6) is -0.424. The monoisotopic (exact) mass is 391 g/mol. The van der Waals surface area contributed by atoms with Crippen LogP contribution in [0, 0.1) is 0 Å². The Morgan fingerprint density at radius 2 is 1.33 bits per heavy atom. The van der Waals surface area contributed by atoms with Crippen LogP contribution < -0.4 is 0 Å². The van der Waals surface area contributed by atoms with Crippen molar-refractivity contribution in [1.29, 1.82) is 0 Å². The van der Waals surface area contributed by atoms with Crippen LogP contribution in [0.5, 0.6) is 0 Å². The fraction of sp³-hybridized carbons (Fsp3) is 0.0370. The van der Waals surface area contributed by atoms with Gasteiger partial charge in [-0.2, -0.15) is 0 Å². The fourth-order valence-corrected chi connectivity index (χ4v) is 3.25. The molecule has 0 radical (unpaired) electrons. The van der Waals surface area contributed by atoms with Crippen molar-refractivity contribution < 1.29 is 9.59 Å². The van der Waals surface area contributed by atoms with Gasteiger partial charge in [-0.3, -0.25) is 9.59 Å². The molecule has 146 valence electrons. The first kappa shape index (κ1) is 19.3. The van der Waals surface area contributed by atoms with E-state index in [-0.39, 0.29) is 18.0 Å². The summed E-state index contributed by atoms with van der Waals surface area (Å²) in [5, 5.41) is 1.12. The molecule has 0 spiro atoms. The van der Waals surface area contributed by atoms with E-state index in [0.717, 1.165) is 33.2 Å². The van der Waals surface area contributed by atoms with Crippen LogP contribution in [0.2, 0.25) is 0 Å². The molecule has 4 rings (SSSR count). The lowest BCUT2D eigenvalue weighted by molar-refractivity contribution is -0.121. The van der Waals surface area contributed by atoms with Crippen LogP contribution in [-0.4, -0.2) is 16.6 Å². The third-order valence-corrected chi connectivity index (χ3v) is 4.87. The van der Waals surface area contributed by atoms with E-state index in [2.05, 4.69) is 17.1 Å². The van der Waals surface area contributed by atoms with Gasteiger partial charge in [-0.15, -0.1) is 0 Å². The van der Waals surface area contributed by atoms with E-state index >= 15 is 0 Å². The first-order valence-corrected chi connectivity index (χ1v) is 9.82. The first-order chi connectivity index (χ1) is 14.7. The molecule has 4 aromatic rings. The first-order valence-electron chi connectivity index (χ1n) is 9.82. The number of rotatable bonds is 7. The third kappa shape index (κ3) is 4.89. The number of hydrogen-bond acceptors (Lipinski definition) is 2. The average Bonchev–Trinajstić information content (AvgIpc) is 3.25. The predicted molar refractivity (Wildman–Crippen MR) is 123 cm³/mol. The van der Waals surface area contributed by atoms with Gasteiger partial charge in [0.15, 0.2) is 11.6 Å². The molecule has 0 atom stereocenters. The molecular weight excluding hydrogens is 370 g/mol. The summed E-state index contributed by atoms with van der Waals surface area (Å²) in [4.78, 5) is 27.4. The standard InChI is InChI=1S/C27H21NO2/c29-25(14-9-20-6-11-23(12-7-20)22-4-2-1-3-5-22)19-26(30)15-10-21-8-13-24-16-17-28-27(24)18-21/h1-18,28H,19H2. The zero-order valence-corrected chi connectivity index (χ0v) is 16.4. The average molecular weight is 391 g/mol. The molecule has 0 fully saturated rings. The number of nitrogens with one attached hydrogen (secondary N) is 1. The van der Waals surface area contributed by atoms with E-state index in [1.54, 1.807) is 12.2 Å².